The van der Waals surface area contributed by atoms with Crippen molar-refractivity contribution in [2.75, 3.05) is 6.54 Å². The van der Waals surface area contributed by atoms with E-state index in [0.717, 1.165) is 23.5 Å². The van der Waals surface area contributed by atoms with E-state index in [1.807, 2.05) is 0 Å². The number of imidazole rings is 1. The van der Waals surface area contributed by atoms with E-state index in [9.17, 15) is 31.1 Å². The molecule has 0 aliphatic heterocycles. The lowest BCUT2D eigenvalue weighted by Gasteiger charge is -2.06. The third-order valence-electron chi connectivity index (χ3n) is 3.33. The van der Waals surface area contributed by atoms with Gasteiger partial charge in [0.25, 0.3) is 5.91 Å². The van der Waals surface area contributed by atoms with Crippen molar-refractivity contribution in [1.29, 1.82) is 0 Å². The molecule has 0 fully saturated rings. The summed E-state index contributed by atoms with van der Waals surface area (Å²) < 4.78 is 75.5. The molecule has 1 amide bonds. The fraction of sp³-hybridized carbons (Fsp3) is 0.200. The molecule has 4 nitrogen and oxygen atoms in total. The first-order chi connectivity index (χ1) is 12.0. The second kappa shape index (κ2) is 6.31. The van der Waals surface area contributed by atoms with Crippen LogP contribution in [-0.2, 0) is 6.18 Å². The van der Waals surface area contributed by atoms with Crippen LogP contribution < -0.4 is 5.32 Å². The van der Waals surface area contributed by atoms with Crippen LogP contribution in [0.1, 0.15) is 16.1 Å². The van der Waals surface area contributed by atoms with E-state index in [1.54, 1.807) is 5.32 Å². The smallest absolute Gasteiger partial charge is 0.342 e. The Kier molecular flexibility index (Phi) is 4.42. The Morgan fingerprint density at radius 1 is 1.08 bits per heavy atom. The number of benzene rings is 1. The molecule has 0 aliphatic rings. The fourth-order valence-corrected chi connectivity index (χ4v) is 3.10. The van der Waals surface area contributed by atoms with Crippen LogP contribution in [0.15, 0.2) is 36.7 Å². The van der Waals surface area contributed by atoms with Crippen molar-refractivity contribution in [2.24, 2.45) is 0 Å². The number of rotatable bonds is 3. The average Bonchev–Trinajstić information content (AvgIpc) is 3.10. The van der Waals surface area contributed by atoms with Gasteiger partial charge in [-0.25, -0.2) is 4.98 Å². The molecule has 0 unspecified atom stereocenters. The van der Waals surface area contributed by atoms with Crippen LogP contribution in [0.25, 0.3) is 15.4 Å². The van der Waals surface area contributed by atoms with E-state index < -0.39 is 30.4 Å². The predicted octanol–water partition coefficient (Wildman–Crippen LogP) is 4.37. The maximum atomic E-state index is 12.6. The molecule has 0 saturated carbocycles. The summed E-state index contributed by atoms with van der Waals surface area (Å²) in [6.45, 7) is -1.46. The molecular weight excluding hydrogens is 384 g/mol. The Bertz CT molecular complexity index is 908. The van der Waals surface area contributed by atoms with E-state index in [-0.39, 0.29) is 5.69 Å². The number of hydrogen-bond acceptors (Lipinski definition) is 3. The number of halogens is 6. The summed E-state index contributed by atoms with van der Waals surface area (Å²) in [6.07, 6.45) is -6.16. The number of carbonyl (C=O) groups is 1. The van der Waals surface area contributed by atoms with Crippen LogP contribution in [0.5, 0.6) is 0 Å². The van der Waals surface area contributed by atoms with Crippen LogP contribution in [-0.4, -0.2) is 28.0 Å². The van der Waals surface area contributed by atoms with Crippen molar-refractivity contribution in [2.45, 2.75) is 12.4 Å². The van der Waals surface area contributed by atoms with E-state index in [2.05, 4.69) is 4.98 Å². The summed E-state index contributed by atoms with van der Waals surface area (Å²) in [5.41, 5.74) is -0.428. The number of fused-ring (bicyclic) bond motifs is 1. The first-order valence-corrected chi connectivity index (χ1v) is 7.86. The molecule has 2 aromatic heterocycles. The van der Waals surface area contributed by atoms with Gasteiger partial charge in [0.1, 0.15) is 12.2 Å². The molecule has 1 aromatic carbocycles. The van der Waals surface area contributed by atoms with Crippen LogP contribution in [0, 0.1) is 0 Å². The molecule has 2 heterocycles. The standard InChI is InChI=1S/C15H9F6N3OS/c16-14(17,18)7-22-12(25)10-5-24-6-11(26-13(24)23-10)8-1-3-9(4-2-8)15(19,20)21/h1-6H,7H2,(H,22,25). The number of thiazole rings is 1. The van der Waals surface area contributed by atoms with Gasteiger partial charge in [0.05, 0.1) is 10.4 Å². The first-order valence-electron chi connectivity index (χ1n) is 7.04. The van der Waals surface area contributed by atoms with E-state index in [0.29, 0.717) is 15.4 Å². The lowest BCUT2D eigenvalue weighted by Crippen LogP contribution is -2.33. The molecule has 0 spiro atoms. The molecule has 0 aliphatic carbocycles. The van der Waals surface area contributed by atoms with Crippen molar-refractivity contribution >= 4 is 22.2 Å². The lowest BCUT2D eigenvalue weighted by molar-refractivity contribution is -0.137. The summed E-state index contributed by atoms with van der Waals surface area (Å²) in [4.78, 5) is 16.5. The molecular formula is C15H9F6N3OS. The zero-order chi connectivity index (χ0) is 19.1. The van der Waals surface area contributed by atoms with Crippen molar-refractivity contribution in [3.05, 3.63) is 47.9 Å². The number of alkyl halides is 6. The normalized spacial score (nSPS) is 12.5. The topological polar surface area (TPSA) is 46.4 Å². The zero-order valence-corrected chi connectivity index (χ0v) is 13.5. The molecule has 0 atom stereocenters. The highest BCUT2D eigenvalue weighted by molar-refractivity contribution is 7.20. The summed E-state index contributed by atoms with van der Waals surface area (Å²) in [7, 11) is 0. The minimum Gasteiger partial charge on any atom is -0.342 e. The maximum Gasteiger partial charge on any atom is 0.416 e. The van der Waals surface area contributed by atoms with Gasteiger partial charge < -0.3 is 5.32 Å². The summed E-state index contributed by atoms with van der Waals surface area (Å²) >= 11 is 1.09. The Hall–Kier alpha value is -2.56. The minimum absolute atomic E-state index is 0.181. The van der Waals surface area contributed by atoms with E-state index in [1.165, 1.54) is 28.9 Å². The molecule has 1 N–H and O–H groups in total. The quantitative estimate of drug-likeness (QED) is 0.672. The summed E-state index contributed by atoms with van der Waals surface area (Å²) in [6, 6.07) is 4.53. The van der Waals surface area contributed by atoms with Gasteiger partial charge in [0.15, 0.2) is 4.96 Å². The molecule has 138 valence electrons. The van der Waals surface area contributed by atoms with Gasteiger partial charge in [-0.15, -0.1) is 0 Å². The SMILES string of the molecule is O=C(NCC(F)(F)F)c1cn2cc(-c3ccc(C(F)(F)F)cc3)sc2n1. The second-order valence-electron chi connectivity index (χ2n) is 5.28. The van der Waals surface area contributed by atoms with Crippen molar-refractivity contribution in [3.8, 4) is 10.4 Å². The molecule has 26 heavy (non-hydrogen) atoms. The molecule has 3 rings (SSSR count). The van der Waals surface area contributed by atoms with Crippen LogP contribution in [0.2, 0.25) is 0 Å². The van der Waals surface area contributed by atoms with Gasteiger partial charge in [0.2, 0.25) is 0 Å². The van der Waals surface area contributed by atoms with Gasteiger partial charge in [0, 0.05) is 12.4 Å². The largest absolute Gasteiger partial charge is 0.416 e. The number of hydrogen-bond donors (Lipinski definition) is 1. The van der Waals surface area contributed by atoms with Gasteiger partial charge in [-0.1, -0.05) is 23.5 Å². The van der Waals surface area contributed by atoms with Crippen molar-refractivity contribution in [1.82, 2.24) is 14.7 Å². The fourth-order valence-electron chi connectivity index (χ4n) is 2.13. The van der Waals surface area contributed by atoms with Crippen molar-refractivity contribution < 1.29 is 31.1 Å². The van der Waals surface area contributed by atoms with Gasteiger partial charge >= 0.3 is 12.4 Å². The Balaban J connectivity index is 1.79. The molecule has 0 saturated heterocycles. The number of carbonyl (C=O) groups excluding carboxylic acids is 1. The molecule has 0 bridgehead atoms. The van der Waals surface area contributed by atoms with Gasteiger partial charge in [-0.05, 0) is 17.7 Å². The first kappa shape index (κ1) is 18.2. The summed E-state index contributed by atoms with van der Waals surface area (Å²) in [5.74, 6) is -0.964. The Morgan fingerprint density at radius 3 is 2.27 bits per heavy atom. The highest BCUT2D eigenvalue weighted by Crippen LogP contribution is 2.33. The van der Waals surface area contributed by atoms with Gasteiger partial charge in [-0.2, -0.15) is 26.3 Å². The monoisotopic (exact) mass is 393 g/mol. The number of aromatic nitrogens is 2. The Morgan fingerprint density at radius 2 is 1.73 bits per heavy atom. The predicted molar refractivity (Wildman–Crippen MR) is 81.9 cm³/mol. The van der Waals surface area contributed by atoms with Crippen LogP contribution >= 0.6 is 11.3 Å². The zero-order valence-electron chi connectivity index (χ0n) is 12.6. The number of amides is 1. The van der Waals surface area contributed by atoms with Crippen LogP contribution in [0.3, 0.4) is 0 Å². The maximum absolute atomic E-state index is 12.6. The molecule has 0 radical (unpaired) electrons. The highest BCUT2D eigenvalue weighted by atomic mass is 32.1. The second-order valence-corrected chi connectivity index (χ2v) is 6.29. The van der Waals surface area contributed by atoms with Crippen LogP contribution in [0.4, 0.5) is 26.3 Å². The third kappa shape index (κ3) is 3.98. The number of nitrogens with one attached hydrogen (secondary N) is 1. The summed E-state index contributed by atoms with van der Waals surface area (Å²) in [5, 5.41) is 1.71. The van der Waals surface area contributed by atoms with E-state index in [4.69, 9.17) is 0 Å². The molecule has 3 aromatic rings. The lowest BCUT2D eigenvalue weighted by atomic mass is 10.1. The van der Waals surface area contributed by atoms with E-state index >= 15 is 0 Å². The minimum atomic E-state index is -4.53. The number of nitrogens with zero attached hydrogens (tertiary/aromatic N) is 2. The Labute approximate surface area is 146 Å². The average molecular weight is 393 g/mol. The van der Waals surface area contributed by atoms with Gasteiger partial charge in [-0.3, -0.25) is 9.20 Å². The third-order valence-corrected chi connectivity index (χ3v) is 4.38. The highest BCUT2D eigenvalue weighted by Gasteiger charge is 2.30. The molecule has 11 heteroatoms. The van der Waals surface area contributed by atoms with Crippen molar-refractivity contribution in [3.63, 3.8) is 0 Å².